The average Bonchev–Trinajstić information content (AvgIpc) is 1.82. The number of β-amino-alcohol motifs (C(OH)–C–C–N with tert-alkyl or cyclic N) is 1. The average molecular weight is 146 g/mol. The number of hydrogen-bond acceptors (Lipinski definition) is 4. The first kappa shape index (κ1) is 7.30. The number of aliphatic hydroxyl groups excluding tert-OH is 1. The van der Waals surface area contributed by atoms with Crippen LogP contribution in [0.5, 0.6) is 0 Å². The van der Waals surface area contributed by atoms with E-state index in [9.17, 15) is 4.79 Å². The molecule has 1 heterocycles. The fourth-order valence-corrected chi connectivity index (χ4v) is 0.767. The first-order valence-corrected chi connectivity index (χ1v) is 3.04. The van der Waals surface area contributed by atoms with Crippen LogP contribution in [0.4, 0.5) is 4.79 Å². The van der Waals surface area contributed by atoms with Crippen molar-refractivity contribution in [2.45, 2.75) is 6.10 Å². The molecule has 0 atom stereocenters. The summed E-state index contributed by atoms with van der Waals surface area (Å²) in [6.07, 6.45) is -0.835. The second kappa shape index (κ2) is 2.85. The molecule has 0 saturated carbocycles. The Morgan fingerprint density at radius 3 is 2.80 bits per heavy atom. The van der Waals surface area contributed by atoms with E-state index in [1.807, 2.05) is 0 Å². The van der Waals surface area contributed by atoms with Crippen LogP contribution in [-0.2, 0) is 4.74 Å². The highest BCUT2D eigenvalue weighted by Gasteiger charge is 2.29. The summed E-state index contributed by atoms with van der Waals surface area (Å²) in [5, 5.41) is 8.75. The Morgan fingerprint density at radius 2 is 2.40 bits per heavy atom. The van der Waals surface area contributed by atoms with Crippen LogP contribution >= 0.6 is 0 Å². The van der Waals surface area contributed by atoms with Crippen molar-refractivity contribution in [1.82, 2.24) is 4.90 Å². The number of carbonyl (C=O) groups is 1. The summed E-state index contributed by atoms with van der Waals surface area (Å²) in [6, 6.07) is 0. The first-order chi connectivity index (χ1) is 4.74. The SMILES string of the molecule is NCOC(=O)N1CC(O)C1. The third-order valence-electron chi connectivity index (χ3n) is 1.33. The molecular weight excluding hydrogens is 136 g/mol. The Kier molecular flexibility index (Phi) is 2.08. The summed E-state index contributed by atoms with van der Waals surface area (Å²) >= 11 is 0. The van der Waals surface area contributed by atoms with Crippen LogP contribution in [0.2, 0.25) is 0 Å². The minimum Gasteiger partial charge on any atom is -0.434 e. The van der Waals surface area contributed by atoms with Crippen LogP contribution < -0.4 is 5.73 Å². The van der Waals surface area contributed by atoms with E-state index in [4.69, 9.17) is 10.8 Å². The molecule has 0 bridgehead atoms. The van der Waals surface area contributed by atoms with E-state index in [1.165, 1.54) is 4.90 Å². The van der Waals surface area contributed by atoms with Crippen LogP contribution in [-0.4, -0.2) is 42.0 Å². The van der Waals surface area contributed by atoms with Crippen molar-refractivity contribution in [2.24, 2.45) is 5.73 Å². The van der Waals surface area contributed by atoms with Gasteiger partial charge in [0.2, 0.25) is 0 Å². The lowest BCUT2D eigenvalue weighted by atomic mass is 10.2. The molecule has 1 fully saturated rings. The molecular formula is C5H10N2O3. The molecule has 1 rings (SSSR count). The Hall–Kier alpha value is -0.810. The van der Waals surface area contributed by atoms with Gasteiger partial charge in [0.15, 0.2) is 0 Å². The molecule has 0 spiro atoms. The molecule has 0 unspecified atom stereocenters. The summed E-state index contributed by atoms with van der Waals surface area (Å²) in [7, 11) is 0. The van der Waals surface area contributed by atoms with Gasteiger partial charge in [-0.3, -0.25) is 5.73 Å². The maximum atomic E-state index is 10.7. The predicted molar refractivity (Wildman–Crippen MR) is 33.1 cm³/mol. The van der Waals surface area contributed by atoms with Gasteiger partial charge in [0.05, 0.1) is 19.2 Å². The largest absolute Gasteiger partial charge is 0.434 e. The van der Waals surface area contributed by atoms with Gasteiger partial charge in [0.25, 0.3) is 0 Å². The Bertz CT molecular complexity index is 133. The monoisotopic (exact) mass is 146 g/mol. The van der Waals surface area contributed by atoms with E-state index in [-0.39, 0.29) is 12.8 Å². The minimum absolute atomic E-state index is 0.106. The minimum atomic E-state index is -0.451. The summed E-state index contributed by atoms with van der Waals surface area (Å²) in [5.74, 6) is 0. The number of hydrogen-bond donors (Lipinski definition) is 2. The molecule has 5 heteroatoms. The normalized spacial score (nSPS) is 18.4. The molecule has 0 aromatic carbocycles. The Morgan fingerprint density at radius 1 is 1.80 bits per heavy atom. The Labute approximate surface area is 58.4 Å². The maximum absolute atomic E-state index is 10.7. The molecule has 1 aliphatic heterocycles. The van der Waals surface area contributed by atoms with Gasteiger partial charge >= 0.3 is 6.09 Å². The smallest absolute Gasteiger partial charge is 0.411 e. The standard InChI is InChI=1S/C5H10N2O3/c6-3-10-5(9)7-1-4(8)2-7/h4,8H,1-3,6H2. The number of rotatable bonds is 1. The van der Waals surface area contributed by atoms with Gasteiger partial charge in [-0.05, 0) is 0 Å². The van der Waals surface area contributed by atoms with E-state index in [2.05, 4.69) is 4.74 Å². The van der Waals surface area contributed by atoms with Crippen molar-refractivity contribution in [1.29, 1.82) is 0 Å². The third kappa shape index (κ3) is 1.37. The molecule has 0 aromatic rings. The number of amides is 1. The van der Waals surface area contributed by atoms with E-state index >= 15 is 0 Å². The lowest BCUT2D eigenvalue weighted by Gasteiger charge is -2.34. The quantitative estimate of drug-likeness (QED) is 0.451. The fraction of sp³-hybridized carbons (Fsp3) is 0.800. The van der Waals surface area contributed by atoms with E-state index in [0.29, 0.717) is 13.1 Å². The number of nitrogens with two attached hydrogens (primary N) is 1. The number of carbonyl (C=O) groups excluding carboxylic acids is 1. The van der Waals surface area contributed by atoms with Crippen LogP contribution in [0.3, 0.4) is 0 Å². The number of likely N-dealkylation sites (tertiary alicyclic amines) is 1. The van der Waals surface area contributed by atoms with Crippen LogP contribution in [0.15, 0.2) is 0 Å². The highest BCUT2D eigenvalue weighted by Crippen LogP contribution is 2.07. The molecule has 10 heavy (non-hydrogen) atoms. The highest BCUT2D eigenvalue weighted by atomic mass is 16.6. The number of aliphatic hydroxyl groups is 1. The zero-order valence-electron chi connectivity index (χ0n) is 5.49. The fourth-order valence-electron chi connectivity index (χ4n) is 0.767. The maximum Gasteiger partial charge on any atom is 0.411 e. The van der Waals surface area contributed by atoms with Crippen molar-refractivity contribution >= 4 is 6.09 Å². The molecule has 0 radical (unpaired) electrons. The highest BCUT2D eigenvalue weighted by molar-refractivity contribution is 5.68. The lowest BCUT2D eigenvalue weighted by molar-refractivity contribution is -0.00130. The van der Waals surface area contributed by atoms with Gasteiger partial charge in [0, 0.05) is 0 Å². The van der Waals surface area contributed by atoms with E-state index in [0.717, 1.165) is 0 Å². The number of nitrogens with zero attached hydrogens (tertiary/aromatic N) is 1. The van der Waals surface area contributed by atoms with E-state index < -0.39 is 6.09 Å². The molecule has 58 valence electrons. The predicted octanol–water partition coefficient (Wildman–Crippen LogP) is -1.28. The van der Waals surface area contributed by atoms with Gasteiger partial charge in [-0.2, -0.15) is 0 Å². The van der Waals surface area contributed by atoms with Crippen molar-refractivity contribution < 1.29 is 14.6 Å². The summed E-state index contributed by atoms with van der Waals surface area (Å²) in [5.41, 5.74) is 4.95. The summed E-state index contributed by atoms with van der Waals surface area (Å²) < 4.78 is 4.45. The zero-order valence-corrected chi connectivity index (χ0v) is 5.49. The van der Waals surface area contributed by atoms with Gasteiger partial charge in [-0.1, -0.05) is 0 Å². The first-order valence-electron chi connectivity index (χ1n) is 3.04. The molecule has 0 aromatic heterocycles. The third-order valence-corrected chi connectivity index (χ3v) is 1.33. The topological polar surface area (TPSA) is 75.8 Å². The van der Waals surface area contributed by atoms with E-state index in [1.54, 1.807) is 0 Å². The van der Waals surface area contributed by atoms with Crippen molar-refractivity contribution in [3.8, 4) is 0 Å². The zero-order chi connectivity index (χ0) is 7.56. The van der Waals surface area contributed by atoms with Gasteiger partial charge in [-0.15, -0.1) is 0 Å². The van der Waals surface area contributed by atoms with Gasteiger partial charge < -0.3 is 14.7 Å². The van der Waals surface area contributed by atoms with Gasteiger partial charge in [0.1, 0.15) is 6.73 Å². The van der Waals surface area contributed by atoms with Crippen molar-refractivity contribution in [3.63, 3.8) is 0 Å². The Balaban J connectivity index is 2.18. The second-order valence-electron chi connectivity index (χ2n) is 2.14. The molecule has 5 nitrogen and oxygen atoms in total. The molecule has 3 N–H and O–H groups in total. The number of ether oxygens (including phenoxy) is 1. The van der Waals surface area contributed by atoms with Crippen LogP contribution in [0.1, 0.15) is 0 Å². The molecule has 1 saturated heterocycles. The van der Waals surface area contributed by atoms with Crippen molar-refractivity contribution in [3.05, 3.63) is 0 Å². The lowest BCUT2D eigenvalue weighted by Crippen LogP contribution is -2.53. The summed E-state index contributed by atoms with van der Waals surface area (Å²) in [4.78, 5) is 12.1. The van der Waals surface area contributed by atoms with Crippen molar-refractivity contribution in [2.75, 3.05) is 19.8 Å². The summed E-state index contributed by atoms with van der Waals surface area (Å²) in [6.45, 7) is 0.614. The van der Waals surface area contributed by atoms with Crippen LogP contribution in [0, 0.1) is 0 Å². The molecule has 0 aliphatic carbocycles. The molecule has 1 aliphatic rings. The second-order valence-corrected chi connectivity index (χ2v) is 2.14. The van der Waals surface area contributed by atoms with Crippen LogP contribution in [0.25, 0.3) is 0 Å². The molecule has 1 amide bonds. The van der Waals surface area contributed by atoms with Gasteiger partial charge in [-0.25, -0.2) is 4.79 Å².